The Labute approximate surface area is 244 Å². The molecule has 0 unspecified atom stereocenters. The van der Waals surface area contributed by atoms with Crippen molar-refractivity contribution in [2.75, 3.05) is 17.7 Å². The number of ether oxygens (including phenoxy) is 1. The maximum atomic E-state index is 13.6. The predicted molar refractivity (Wildman–Crippen MR) is 154 cm³/mol. The lowest BCUT2D eigenvalue weighted by Crippen LogP contribution is -2.38. The van der Waals surface area contributed by atoms with Crippen LogP contribution in [0, 0.1) is 11.3 Å². The number of alkyl halides is 3. The lowest BCUT2D eigenvalue weighted by molar-refractivity contribution is -0.134. The number of rotatable bonds is 7. The fourth-order valence-electron chi connectivity index (χ4n) is 3.68. The summed E-state index contributed by atoms with van der Waals surface area (Å²) in [6, 6.07) is 4.49. The predicted octanol–water partition coefficient (Wildman–Crippen LogP) is 7.31. The second kappa shape index (κ2) is 12.9. The van der Waals surface area contributed by atoms with Crippen molar-refractivity contribution in [3.63, 3.8) is 0 Å². The standard InChI is InChI=1S/C25H29F3N4O4S2.C3H8/c1-7-38(34,35)19-10-16(24(14-29)8-9-24)12-31-21(19)32(22(33)36-23(3,4)5)13-18-17(15(2)30-6)11-20(37-18)25(26,27)28;1-3-2/h10-12H,7-9,13H2,1-6H3;3H2,1-2H3. The number of nitrogens with zero attached hydrogens (tertiary/aromatic N) is 4. The van der Waals surface area contributed by atoms with E-state index in [1.165, 1.54) is 32.7 Å². The first-order valence-electron chi connectivity index (χ1n) is 13.2. The van der Waals surface area contributed by atoms with Gasteiger partial charge >= 0.3 is 12.3 Å². The van der Waals surface area contributed by atoms with Gasteiger partial charge in [-0.25, -0.2) is 18.2 Å². The van der Waals surface area contributed by atoms with Crippen molar-refractivity contribution < 1.29 is 31.1 Å². The molecule has 1 amide bonds. The van der Waals surface area contributed by atoms with E-state index in [9.17, 15) is 31.6 Å². The number of amides is 1. The largest absolute Gasteiger partial charge is 0.443 e. The van der Waals surface area contributed by atoms with Crippen molar-refractivity contribution >= 4 is 38.8 Å². The van der Waals surface area contributed by atoms with E-state index in [2.05, 4.69) is 29.9 Å². The molecule has 1 aliphatic carbocycles. The average molecular weight is 615 g/mol. The Balaban J connectivity index is 0.00000187. The van der Waals surface area contributed by atoms with Gasteiger partial charge in [0.1, 0.15) is 15.4 Å². The van der Waals surface area contributed by atoms with E-state index < -0.39 is 44.5 Å². The van der Waals surface area contributed by atoms with E-state index in [1.807, 2.05) is 0 Å². The molecule has 0 aliphatic heterocycles. The molecule has 2 aromatic rings. The second-order valence-corrected chi connectivity index (χ2v) is 14.1. The summed E-state index contributed by atoms with van der Waals surface area (Å²) >= 11 is 0.433. The van der Waals surface area contributed by atoms with Crippen molar-refractivity contribution in [2.45, 2.75) is 96.4 Å². The van der Waals surface area contributed by atoms with Gasteiger partial charge in [0.05, 0.1) is 23.8 Å². The minimum absolute atomic E-state index is 0.132. The number of halogens is 3. The Kier molecular flexibility index (Phi) is 10.8. The zero-order chi connectivity index (χ0) is 31.4. The third kappa shape index (κ3) is 8.29. The van der Waals surface area contributed by atoms with Crippen LogP contribution in [0.2, 0.25) is 0 Å². The fourth-order valence-corrected chi connectivity index (χ4v) is 5.80. The zero-order valence-corrected chi connectivity index (χ0v) is 26.3. The Hall–Kier alpha value is -2.98. The molecule has 1 fully saturated rings. The molecule has 1 aliphatic rings. The minimum Gasteiger partial charge on any atom is -0.443 e. The number of nitriles is 1. The maximum absolute atomic E-state index is 13.6. The maximum Gasteiger partial charge on any atom is 0.425 e. The number of anilines is 1. The molecular weight excluding hydrogens is 577 g/mol. The number of aromatic nitrogens is 1. The summed E-state index contributed by atoms with van der Waals surface area (Å²) in [6.45, 7) is 11.6. The summed E-state index contributed by atoms with van der Waals surface area (Å²) in [5.41, 5.74) is -0.947. The van der Waals surface area contributed by atoms with Crippen LogP contribution in [0.4, 0.5) is 23.8 Å². The molecule has 0 N–H and O–H groups in total. The number of carbonyl (C=O) groups is 1. The molecule has 13 heteroatoms. The first-order chi connectivity index (χ1) is 18.9. The van der Waals surface area contributed by atoms with Gasteiger partial charge in [0.2, 0.25) is 0 Å². The number of sulfone groups is 1. The van der Waals surface area contributed by atoms with Crippen LogP contribution in [0.3, 0.4) is 0 Å². The zero-order valence-electron chi connectivity index (χ0n) is 24.6. The van der Waals surface area contributed by atoms with Gasteiger partial charge in [0, 0.05) is 29.4 Å². The number of thiophene rings is 1. The van der Waals surface area contributed by atoms with Gasteiger partial charge in [-0.2, -0.15) is 18.4 Å². The van der Waals surface area contributed by atoms with E-state index >= 15 is 0 Å². The van der Waals surface area contributed by atoms with Crippen molar-refractivity contribution in [1.29, 1.82) is 5.26 Å². The van der Waals surface area contributed by atoms with E-state index in [0.717, 1.165) is 11.0 Å². The van der Waals surface area contributed by atoms with Crippen LogP contribution in [-0.4, -0.2) is 43.6 Å². The number of aliphatic imine (C=N–C) groups is 1. The summed E-state index contributed by atoms with van der Waals surface area (Å²) in [5, 5.41) is 9.61. The van der Waals surface area contributed by atoms with Crippen LogP contribution in [0.1, 0.15) is 88.6 Å². The first kappa shape index (κ1) is 34.2. The molecule has 41 heavy (non-hydrogen) atoms. The van der Waals surface area contributed by atoms with Gasteiger partial charge in [0.25, 0.3) is 0 Å². The average Bonchev–Trinajstić information content (AvgIpc) is 3.56. The summed E-state index contributed by atoms with van der Waals surface area (Å²) in [7, 11) is -2.54. The third-order valence-corrected chi connectivity index (χ3v) is 8.94. The van der Waals surface area contributed by atoms with Crippen LogP contribution >= 0.6 is 11.3 Å². The molecule has 2 heterocycles. The van der Waals surface area contributed by atoms with Crippen molar-refractivity contribution in [3.8, 4) is 6.07 Å². The van der Waals surface area contributed by atoms with E-state index in [0.29, 0.717) is 35.5 Å². The van der Waals surface area contributed by atoms with Crippen LogP contribution < -0.4 is 4.90 Å². The normalized spacial score (nSPS) is 14.9. The molecule has 0 spiro atoms. The molecule has 0 saturated heterocycles. The van der Waals surface area contributed by atoms with Gasteiger partial charge in [-0.3, -0.25) is 9.89 Å². The topological polar surface area (TPSA) is 113 Å². The van der Waals surface area contributed by atoms with Gasteiger partial charge in [-0.1, -0.05) is 27.2 Å². The summed E-state index contributed by atoms with van der Waals surface area (Å²) in [6.07, 6.45) is -1.94. The minimum atomic E-state index is -4.63. The highest BCUT2D eigenvalue weighted by Gasteiger charge is 2.46. The molecule has 8 nitrogen and oxygen atoms in total. The molecule has 1 saturated carbocycles. The molecule has 2 aromatic heterocycles. The van der Waals surface area contributed by atoms with Crippen molar-refractivity contribution in [3.05, 3.63) is 39.2 Å². The summed E-state index contributed by atoms with van der Waals surface area (Å²) < 4.78 is 72.6. The van der Waals surface area contributed by atoms with E-state index in [-0.39, 0.29) is 26.9 Å². The third-order valence-electron chi connectivity index (χ3n) is 6.05. The van der Waals surface area contributed by atoms with E-state index in [1.54, 1.807) is 27.7 Å². The van der Waals surface area contributed by atoms with Crippen LogP contribution in [0.15, 0.2) is 28.2 Å². The van der Waals surface area contributed by atoms with Gasteiger partial charge in [0.15, 0.2) is 15.7 Å². The van der Waals surface area contributed by atoms with Crippen LogP contribution in [-0.2, 0) is 32.7 Å². The van der Waals surface area contributed by atoms with Crippen molar-refractivity contribution in [1.82, 2.24) is 4.98 Å². The Morgan fingerprint density at radius 2 is 1.80 bits per heavy atom. The quantitative estimate of drug-likeness (QED) is 0.302. The fraction of sp³-hybridized carbons (Fsp3) is 0.571. The van der Waals surface area contributed by atoms with Gasteiger partial charge in [-0.05, 0) is 58.2 Å². The lowest BCUT2D eigenvalue weighted by atomic mass is 10.00. The first-order valence-corrected chi connectivity index (χ1v) is 15.6. The molecule has 0 aromatic carbocycles. The molecule has 0 radical (unpaired) electrons. The lowest BCUT2D eigenvalue weighted by Gasteiger charge is -2.28. The van der Waals surface area contributed by atoms with Crippen LogP contribution in [0.25, 0.3) is 0 Å². The number of hydrogen-bond donors (Lipinski definition) is 0. The Bertz CT molecular complexity index is 1430. The SMILES string of the molecule is CCC.CCS(=O)(=O)c1cc(C2(C#N)CC2)cnc1N(Cc1sc(C(F)(F)F)cc1C(C)=NC)C(=O)OC(C)(C)C. The number of pyridine rings is 1. The number of carbonyl (C=O) groups excluding carboxylic acids is 1. The Morgan fingerprint density at radius 3 is 2.24 bits per heavy atom. The van der Waals surface area contributed by atoms with Crippen LogP contribution in [0.5, 0.6) is 0 Å². The highest BCUT2D eigenvalue weighted by Crippen LogP contribution is 2.48. The molecule has 0 atom stereocenters. The molecule has 3 rings (SSSR count). The highest BCUT2D eigenvalue weighted by molar-refractivity contribution is 7.91. The smallest absolute Gasteiger partial charge is 0.425 e. The second-order valence-electron chi connectivity index (χ2n) is 10.7. The summed E-state index contributed by atoms with van der Waals surface area (Å²) in [4.78, 5) is 21.6. The summed E-state index contributed by atoms with van der Waals surface area (Å²) in [5.74, 6) is -0.603. The molecule has 0 bridgehead atoms. The van der Waals surface area contributed by atoms with Gasteiger partial charge in [-0.15, -0.1) is 11.3 Å². The monoisotopic (exact) mass is 614 g/mol. The van der Waals surface area contributed by atoms with Gasteiger partial charge < -0.3 is 4.74 Å². The highest BCUT2D eigenvalue weighted by atomic mass is 32.2. The van der Waals surface area contributed by atoms with Crippen molar-refractivity contribution in [2.24, 2.45) is 4.99 Å². The Morgan fingerprint density at radius 1 is 1.22 bits per heavy atom. The molecular formula is C28H37F3N4O4S2. The molecule has 226 valence electrons. The number of hydrogen-bond acceptors (Lipinski definition) is 8. The van der Waals surface area contributed by atoms with E-state index in [4.69, 9.17) is 4.74 Å².